The van der Waals surface area contributed by atoms with Crippen molar-refractivity contribution < 1.29 is 74.7 Å². The van der Waals surface area contributed by atoms with Gasteiger partial charge in [0.25, 0.3) is 0 Å². The van der Waals surface area contributed by atoms with Gasteiger partial charge in [-0.1, -0.05) is 324 Å². The number of ether oxygens (including phenoxy) is 5. The average Bonchev–Trinajstić information content (AvgIpc) is 1.68. The van der Waals surface area contributed by atoms with Crippen LogP contribution in [0.4, 0.5) is 0 Å². The van der Waals surface area contributed by atoms with Crippen molar-refractivity contribution in [3.05, 3.63) is 108 Å². The molecule has 19 nitrogen and oxygen atoms in total. The number of benzene rings is 3. The second-order valence-corrected chi connectivity index (χ2v) is 33.1. The molecule has 113 heavy (non-hydrogen) atoms. The van der Waals surface area contributed by atoms with E-state index in [1.807, 2.05) is 42.5 Å². The van der Waals surface area contributed by atoms with Gasteiger partial charge in [0.15, 0.2) is 6.29 Å². The van der Waals surface area contributed by atoms with Crippen LogP contribution in [0.3, 0.4) is 0 Å². The third kappa shape index (κ3) is 53.2. The molecule has 1 fully saturated rings. The fourth-order valence-electron chi connectivity index (χ4n) is 15.3. The van der Waals surface area contributed by atoms with Crippen LogP contribution < -0.4 is 16.0 Å². The molecule has 1 saturated heterocycles. The number of rotatable bonds is 72. The zero-order chi connectivity index (χ0) is 81.3. The van der Waals surface area contributed by atoms with Gasteiger partial charge >= 0.3 is 28.3 Å². The molecule has 3 amide bonds. The lowest BCUT2D eigenvalue weighted by Crippen LogP contribution is -2.53. The van der Waals surface area contributed by atoms with Gasteiger partial charge in [-0.3, -0.25) is 33.3 Å². The highest BCUT2D eigenvalue weighted by Crippen LogP contribution is 2.28. The first-order valence-electron chi connectivity index (χ1n) is 45.2. The summed E-state index contributed by atoms with van der Waals surface area (Å²) in [6, 6.07) is 28.5. The Morgan fingerprint density at radius 1 is 0.407 bits per heavy atom. The van der Waals surface area contributed by atoms with Crippen molar-refractivity contribution >= 4 is 46.0 Å². The summed E-state index contributed by atoms with van der Waals surface area (Å²) in [6.45, 7) is 5.37. The largest absolute Gasteiger partial charge is 0.462 e. The summed E-state index contributed by atoms with van der Waals surface area (Å²) in [7, 11) is -5.32. The van der Waals surface area contributed by atoms with Gasteiger partial charge in [-0.05, 0) is 119 Å². The van der Waals surface area contributed by atoms with Gasteiger partial charge in [0.1, 0.15) is 30.5 Å². The van der Waals surface area contributed by atoms with Gasteiger partial charge in [0, 0.05) is 25.8 Å². The number of amides is 3. The number of hydrogen-bond donors (Lipinski definition) is 5. The minimum absolute atomic E-state index is 0.0847. The third-order valence-electron chi connectivity index (χ3n) is 21.8. The maximum atomic E-state index is 14.8. The maximum Gasteiger partial charge on any atom is 0.397 e. The fraction of sp³-hybridized carbons (Fsp3) is 0.742. The van der Waals surface area contributed by atoms with E-state index in [-0.39, 0.29) is 70.0 Å². The molecule has 1 aliphatic rings. The number of nitrogens with one attached hydrogen (secondary N) is 3. The summed E-state index contributed by atoms with van der Waals surface area (Å²) in [5.74, 6) is -2.77. The molecule has 0 aliphatic carbocycles. The van der Waals surface area contributed by atoms with Crippen molar-refractivity contribution in [2.24, 2.45) is 0 Å². The van der Waals surface area contributed by atoms with Crippen LogP contribution in [0.1, 0.15) is 371 Å². The van der Waals surface area contributed by atoms with E-state index in [0.717, 1.165) is 173 Å². The Labute approximate surface area is 683 Å². The van der Waals surface area contributed by atoms with E-state index in [4.69, 9.17) is 27.9 Å². The molecule has 0 saturated carbocycles. The van der Waals surface area contributed by atoms with E-state index in [0.29, 0.717) is 51.4 Å². The normalized spacial score (nSPS) is 16.5. The van der Waals surface area contributed by atoms with Crippen molar-refractivity contribution in [1.82, 2.24) is 16.0 Å². The number of unbranched alkanes of at least 4 members (excludes halogenated alkanes) is 36. The zero-order valence-electron chi connectivity index (χ0n) is 70.3. The van der Waals surface area contributed by atoms with Gasteiger partial charge in [0.2, 0.25) is 17.7 Å². The standard InChI is InChI=1S/C93H153N3O16S/c1-4-7-10-13-16-19-22-31-49-64-80(108-89(101)67-52-34-25-28-40-55-77-58-43-37-44-59-77)72-86(98)94-70-71-107-93-84(96-88(100)74-82(66-51-33-24-21-18-15-12-9-6-3)110-91(103)69-54-36-27-30-42-57-79-62-47-39-48-63-79)75-83(92(85(76-97)111-93)112-113(104,105)106)95-87(99)73-81(65-50-32-23-20-17-14-11-8-5-2)109-90(102)68-53-35-26-29-41-56-78-60-45-38-46-61-78/h37-39,43-48,58-63,80-85,92-93,97H,4-36,40-42,49-57,64-76H2,1-3H3,(H,94,98)(H,95,99)(H,96,100)(H,104,105,106)/t80-,81-,82-,83?,84?,85?,92+,93-/m1/s1. The van der Waals surface area contributed by atoms with Crippen LogP contribution in [0.5, 0.6) is 0 Å². The quantitative estimate of drug-likeness (QED) is 0.0152. The van der Waals surface area contributed by atoms with Crippen molar-refractivity contribution in [1.29, 1.82) is 0 Å². The molecule has 4 rings (SSSR count). The Morgan fingerprint density at radius 2 is 0.708 bits per heavy atom. The number of carbonyl (C=O) groups excluding carboxylic acids is 6. The minimum atomic E-state index is -5.32. The summed E-state index contributed by atoms with van der Waals surface area (Å²) in [4.78, 5) is 84.3. The first-order chi connectivity index (χ1) is 55.1. The predicted molar refractivity (Wildman–Crippen MR) is 452 cm³/mol. The van der Waals surface area contributed by atoms with Crippen LogP contribution in [0.15, 0.2) is 91.0 Å². The van der Waals surface area contributed by atoms with Crippen LogP contribution >= 0.6 is 0 Å². The lowest BCUT2D eigenvalue weighted by molar-refractivity contribution is -0.199. The van der Waals surface area contributed by atoms with E-state index in [2.05, 4.69) is 85.3 Å². The van der Waals surface area contributed by atoms with Crippen molar-refractivity contribution in [2.45, 2.75) is 423 Å². The van der Waals surface area contributed by atoms with Gasteiger partial charge in [-0.15, -0.1) is 0 Å². The summed E-state index contributed by atoms with van der Waals surface area (Å²) in [5, 5.41) is 19.9. The highest BCUT2D eigenvalue weighted by molar-refractivity contribution is 7.80. The predicted octanol–water partition coefficient (Wildman–Crippen LogP) is 20.8. The molecule has 3 unspecified atom stereocenters. The number of esters is 3. The Bertz CT molecular complexity index is 2980. The van der Waals surface area contributed by atoms with E-state index >= 15 is 0 Å². The molecule has 0 radical (unpaired) electrons. The van der Waals surface area contributed by atoms with Gasteiger partial charge in [-0.25, -0.2) is 4.18 Å². The van der Waals surface area contributed by atoms with Crippen LogP contribution in [0.2, 0.25) is 0 Å². The number of aliphatic hydroxyl groups is 1. The highest BCUT2D eigenvalue weighted by atomic mass is 32.3. The third-order valence-corrected chi connectivity index (χ3v) is 22.3. The van der Waals surface area contributed by atoms with E-state index in [1.165, 1.54) is 100 Å². The molecule has 0 bridgehead atoms. The lowest BCUT2D eigenvalue weighted by Gasteiger charge is -2.29. The number of aliphatic hydroxyl groups excluding tert-OH is 1. The van der Waals surface area contributed by atoms with Crippen molar-refractivity contribution in [3.63, 3.8) is 0 Å². The fourth-order valence-corrected chi connectivity index (χ4v) is 15.8. The molecule has 0 spiro atoms. The molecule has 5 N–H and O–H groups in total. The smallest absolute Gasteiger partial charge is 0.397 e. The van der Waals surface area contributed by atoms with Crippen molar-refractivity contribution in [2.75, 3.05) is 19.8 Å². The molecule has 20 heteroatoms. The Balaban J connectivity index is 1.56. The molecule has 1 heterocycles. The monoisotopic (exact) mass is 1600 g/mol. The van der Waals surface area contributed by atoms with Crippen molar-refractivity contribution in [3.8, 4) is 0 Å². The number of aryl methyl sites for hydroxylation is 3. The number of hydrogen-bond acceptors (Lipinski definition) is 15. The summed E-state index contributed by atoms with van der Waals surface area (Å²) in [6.07, 6.45) is 39.5. The zero-order valence-corrected chi connectivity index (χ0v) is 71.1. The summed E-state index contributed by atoms with van der Waals surface area (Å²) < 4.78 is 72.7. The van der Waals surface area contributed by atoms with Gasteiger partial charge in [-0.2, -0.15) is 8.42 Å². The molecular weight excluding hydrogens is 1450 g/mol. The molecule has 3 aromatic carbocycles. The average molecular weight is 1600 g/mol. The molecule has 1 aliphatic heterocycles. The topological polar surface area (TPSA) is 268 Å². The number of carbonyl (C=O) groups is 6. The van der Waals surface area contributed by atoms with E-state index in [1.54, 1.807) is 0 Å². The Hall–Kier alpha value is -5.77. The molecule has 0 aromatic heterocycles. The second kappa shape index (κ2) is 66.3. The van der Waals surface area contributed by atoms with E-state index < -0.39 is 89.7 Å². The SMILES string of the molecule is CCCCCCCCCCC[C@H](CC(=O)NCCO[C@@H]1OC(CO)[C@@H](OS(=O)(=O)O)C(NC(=O)C[C@@H](CCCCCCCCCCC)OC(=O)CCCCCCCc2ccccc2)CC1NC(=O)C[C@@H](CCCCCCCCCCC)OC(=O)CCCCCCCc1ccccc1)OC(=O)CCCCCCCc1ccccc1. The Morgan fingerprint density at radius 3 is 1.04 bits per heavy atom. The maximum absolute atomic E-state index is 14.8. The molecule has 642 valence electrons. The molecule has 8 atom stereocenters. The highest BCUT2D eigenvalue weighted by Gasteiger charge is 2.45. The van der Waals surface area contributed by atoms with E-state index in [9.17, 15) is 46.8 Å². The van der Waals surface area contributed by atoms with Gasteiger partial charge < -0.3 is 44.7 Å². The first kappa shape index (κ1) is 99.6. The second-order valence-electron chi connectivity index (χ2n) is 32.1. The Kier molecular flexibility index (Phi) is 58.4. The molecule has 3 aromatic rings. The minimum Gasteiger partial charge on any atom is -0.462 e. The summed E-state index contributed by atoms with van der Waals surface area (Å²) >= 11 is 0. The molecular formula is C93H153N3O16S. The van der Waals surface area contributed by atoms with Crippen LogP contribution in [-0.4, -0.2) is 122 Å². The first-order valence-corrected chi connectivity index (χ1v) is 46.5. The van der Waals surface area contributed by atoms with Gasteiger partial charge in [0.05, 0.1) is 44.6 Å². The van der Waals surface area contributed by atoms with Crippen LogP contribution in [0.25, 0.3) is 0 Å². The lowest BCUT2D eigenvalue weighted by atomic mass is 9.98. The van der Waals surface area contributed by atoms with Crippen LogP contribution in [0, 0.1) is 0 Å². The summed E-state index contributed by atoms with van der Waals surface area (Å²) in [5.41, 5.74) is 3.91. The van der Waals surface area contributed by atoms with Crippen LogP contribution in [-0.2, 0) is 86.3 Å².